The Balaban J connectivity index is 1.78. The first-order valence-electron chi connectivity index (χ1n) is 8.66. The summed E-state index contributed by atoms with van der Waals surface area (Å²) < 4.78 is 21.8. The van der Waals surface area contributed by atoms with Crippen molar-refractivity contribution < 1.29 is 23.4 Å². The van der Waals surface area contributed by atoms with Crippen LogP contribution in [0.5, 0.6) is 17.2 Å². The van der Waals surface area contributed by atoms with Gasteiger partial charge in [-0.05, 0) is 31.9 Å². The van der Waals surface area contributed by atoms with E-state index in [9.17, 15) is 4.79 Å². The van der Waals surface area contributed by atoms with Gasteiger partial charge in [0.15, 0.2) is 11.5 Å². The number of thioether (sulfide) groups is 1. The van der Waals surface area contributed by atoms with E-state index >= 15 is 0 Å². The number of carbonyl (C=O) groups is 1. The predicted octanol–water partition coefficient (Wildman–Crippen LogP) is 2.87. The maximum absolute atomic E-state index is 12.4. The van der Waals surface area contributed by atoms with E-state index in [0.29, 0.717) is 33.9 Å². The molecule has 1 aromatic heterocycles. The summed E-state index contributed by atoms with van der Waals surface area (Å²) in [5.41, 5.74) is 0.641. The lowest BCUT2D eigenvalue weighted by molar-refractivity contribution is -0.129. The molecular weight excluding hydrogens is 370 g/mol. The molecule has 1 amide bonds. The Bertz CT molecular complexity index is 779. The third kappa shape index (κ3) is 4.13. The summed E-state index contributed by atoms with van der Waals surface area (Å²) in [6, 6.07) is 3.48. The van der Waals surface area contributed by atoms with Gasteiger partial charge in [0.1, 0.15) is 0 Å². The molecule has 1 fully saturated rings. The molecule has 1 aliphatic heterocycles. The average Bonchev–Trinajstić information content (AvgIpc) is 3.38. The van der Waals surface area contributed by atoms with Gasteiger partial charge >= 0.3 is 0 Å². The van der Waals surface area contributed by atoms with Crippen LogP contribution in [-0.2, 0) is 4.79 Å². The molecule has 0 unspecified atom stereocenters. The molecule has 2 aromatic rings. The van der Waals surface area contributed by atoms with Crippen molar-refractivity contribution in [2.45, 2.75) is 30.2 Å². The third-order valence-corrected chi connectivity index (χ3v) is 5.28. The van der Waals surface area contributed by atoms with Crippen molar-refractivity contribution in [1.82, 2.24) is 15.1 Å². The number of rotatable bonds is 7. The second-order valence-corrected chi connectivity index (χ2v) is 7.37. The van der Waals surface area contributed by atoms with Crippen molar-refractivity contribution >= 4 is 17.7 Å². The van der Waals surface area contributed by atoms with E-state index in [1.165, 1.54) is 11.8 Å². The zero-order chi connectivity index (χ0) is 19.4. The van der Waals surface area contributed by atoms with Gasteiger partial charge in [-0.2, -0.15) is 0 Å². The lowest BCUT2D eigenvalue weighted by atomic mass is 10.2. The number of methoxy groups -OCH3 is 3. The van der Waals surface area contributed by atoms with E-state index in [0.717, 1.165) is 25.9 Å². The number of aromatic nitrogens is 2. The topological polar surface area (TPSA) is 86.9 Å². The average molecular weight is 393 g/mol. The van der Waals surface area contributed by atoms with Crippen LogP contribution in [0.15, 0.2) is 21.8 Å². The number of hydrogen-bond acceptors (Lipinski definition) is 8. The van der Waals surface area contributed by atoms with Gasteiger partial charge in [0.2, 0.25) is 17.5 Å². The molecule has 0 radical (unpaired) electrons. The Morgan fingerprint density at radius 1 is 1.11 bits per heavy atom. The van der Waals surface area contributed by atoms with Crippen LogP contribution >= 0.6 is 11.8 Å². The van der Waals surface area contributed by atoms with Gasteiger partial charge in [-0.25, -0.2) is 0 Å². The molecular formula is C18H23N3O5S. The monoisotopic (exact) mass is 393 g/mol. The van der Waals surface area contributed by atoms with Crippen LogP contribution in [0.2, 0.25) is 0 Å². The Labute approximate surface area is 162 Å². The second-order valence-electron chi connectivity index (χ2n) is 6.08. The van der Waals surface area contributed by atoms with Crippen LogP contribution in [0.4, 0.5) is 0 Å². The molecule has 8 nitrogen and oxygen atoms in total. The molecule has 1 aliphatic rings. The van der Waals surface area contributed by atoms with E-state index in [-0.39, 0.29) is 11.2 Å². The predicted molar refractivity (Wildman–Crippen MR) is 101 cm³/mol. The molecule has 9 heteroatoms. The molecule has 3 rings (SSSR count). The van der Waals surface area contributed by atoms with Crippen molar-refractivity contribution in [1.29, 1.82) is 0 Å². The molecule has 2 heterocycles. The summed E-state index contributed by atoms with van der Waals surface area (Å²) >= 11 is 1.26. The summed E-state index contributed by atoms with van der Waals surface area (Å²) in [4.78, 5) is 14.3. The first kappa shape index (κ1) is 19.3. The standard InChI is InChI=1S/C18H23N3O5S/c1-11(17(22)21-7-5-6-8-21)27-18-20-19-16(26-18)12-9-13(23-2)15(25-4)14(10-12)24-3/h9-11H,5-8H2,1-4H3/t11-/m1/s1. The molecule has 27 heavy (non-hydrogen) atoms. The number of amides is 1. The minimum Gasteiger partial charge on any atom is -0.493 e. The van der Waals surface area contributed by atoms with Crippen molar-refractivity contribution in [2.24, 2.45) is 0 Å². The molecule has 1 saturated heterocycles. The molecule has 0 spiro atoms. The Morgan fingerprint density at radius 2 is 1.74 bits per heavy atom. The Hall–Kier alpha value is -2.42. The first-order valence-corrected chi connectivity index (χ1v) is 9.54. The molecule has 146 valence electrons. The smallest absolute Gasteiger partial charge is 0.277 e. The highest BCUT2D eigenvalue weighted by molar-refractivity contribution is 8.00. The van der Waals surface area contributed by atoms with E-state index in [2.05, 4.69) is 10.2 Å². The van der Waals surface area contributed by atoms with Crippen LogP contribution in [0, 0.1) is 0 Å². The SMILES string of the molecule is COc1cc(-c2nnc(S[C@H](C)C(=O)N3CCCC3)o2)cc(OC)c1OC. The summed E-state index contributed by atoms with van der Waals surface area (Å²) in [7, 11) is 4.63. The minimum atomic E-state index is -0.281. The van der Waals surface area contributed by atoms with E-state index < -0.39 is 0 Å². The minimum absolute atomic E-state index is 0.102. The molecule has 1 aromatic carbocycles. The van der Waals surface area contributed by atoms with Crippen LogP contribution in [0.3, 0.4) is 0 Å². The van der Waals surface area contributed by atoms with Crippen molar-refractivity contribution in [2.75, 3.05) is 34.4 Å². The summed E-state index contributed by atoms with van der Waals surface area (Å²) in [5.74, 6) is 1.90. The fraction of sp³-hybridized carbons (Fsp3) is 0.500. The van der Waals surface area contributed by atoms with Crippen molar-refractivity contribution in [3.63, 3.8) is 0 Å². The van der Waals surface area contributed by atoms with Gasteiger partial charge in [-0.15, -0.1) is 10.2 Å². The maximum atomic E-state index is 12.4. The summed E-state index contributed by atoms with van der Waals surface area (Å²) in [6.07, 6.45) is 2.13. The quantitative estimate of drug-likeness (QED) is 0.664. The number of hydrogen-bond donors (Lipinski definition) is 0. The Morgan fingerprint density at radius 3 is 2.30 bits per heavy atom. The second kappa shape index (κ2) is 8.51. The van der Waals surface area contributed by atoms with E-state index in [1.54, 1.807) is 33.5 Å². The zero-order valence-electron chi connectivity index (χ0n) is 15.9. The Kier molecular flexibility index (Phi) is 6.10. The summed E-state index contributed by atoms with van der Waals surface area (Å²) in [5, 5.41) is 8.21. The van der Waals surface area contributed by atoms with Crippen LogP contribution in [-0.4, -0.2) is 60.7 Å². The fourth-order valence-corrected chi connectivity index (χ4v) is 3.74. The van der Waals surface area contributed by atoms with Gasteiger partial charge in [-0.1, -0.05) is 11.8 Å². The van der Waals surface area contributed by atoms with Crippen LogP contribution in [0.1, 0.15) is 19.8 Å². The third-order valence-electron chi connectivity index (χ3n) is 4.36. The normalized spacial score (nSPS) is 14.9. The maximum Gasteiger partial charge on any atom is 0.277 e. The highest BCUT2D eigenvalue weighted by atomic mass is 32.2. The van der Waals surface area contributed by atoms with E-state index in [1.807, 2.05) is 11.8 Å². The highest BCUT2D eigenvalue weighted by Crippen LogP contribution is 2.41. The molecule has 0 aliphatic carbocycles. The molecule has 0 saturated carbocycles. The first-order chi connectivity index (χ1) is 13.1. The molecule has 0 N–H and O–H groups in total. The van der Waals surface area contributed by atoms with Gasteiger partial charge in [-0.3, -0.25) is 4.79 Å². The van der Waals surface area contributed by atoms with Gasteiger partial charge < -0.3 is 23.5 Å². The zero-order valence-corrected chi connectivity index (χ0v) is 16.7. The highest BCUT2D eigenvalue weighted by Gasteiger charge is 2.26. The number of benzene rings is 1. The largest absolute Gasteiger partial charge is 0.493 e. The van der Waals surface area contributed by atoms with Crippen LogP contribution in [0.25, 0.3) is 11.5 Å². The van der Waals surface area contributed by atoms with Gasteiger partial charge in [0.25, 0.3) is 5.22 Å². The van der Waals surface area contributed by atoms with Crippen molar-refractivity contribution in [3.8, 4) is 28.7 Å². The number of ether oxygens (including phenoxy) is 3. The fourth-order valence-electron chi connectivity index (χ4n) is 2.97. The van der Waals surface area contributed by atoms with Gasteiger partial charge in [0.05, 0.1) is 26.6 Å². The lowest BCUT2D eigenvalue weighted by Gasteiger charge is -2.18. The number of likely N-dealkylation sites (tertiary alicyclic amines) is 1. The summed E-state index contributed by atoms with van der Waals surface area (Å²) in [6.45, 7) is 3.50. The van der Waals surface area contributed by atoms with Gasteiger partial charge in [0, 0.05) is 18.7 Å². The van der Waals surface area contributed by atoms with Crippen molar-refractivity contribution in [3.05, 3.63) is 12.1 Å². The lowest BCUT2D eigenvalue weighted by Crippen LogP contribution is -2.34. The molecule has 0 bridgehead atoms. The van der Waals surface area contributed by atoms with E-state index in [4.69, 9.17) is 18.6 Å². The number of nitrogens with zero attached hydrogens (tertiary/aromatic N) is 3. The van der Waals surface area contributed by atoms with Crippen LogP contribution < -0.4 is 14.2 Å². The number of carbonyl (C=O) groups excluding carboxylic acids is 1. The molecule has 1 atom stereocenters.